The lowest BCUT2D eigenvalue weighted by atomic mass is 10.1. The van der Waals surface area contributed by atoms with Crippen LogP contribution in [0, 0.1) is 0 Å². The number of nitrogens with one attached hydrogen (secondary N) is 1. The van der Waals surface area contributed by atoms with E-state index >= 15 is 4.39 Å². The average Bonchev–Trinajstić information content (AvgIpc) is 3.28. The normalized spacial score (nSPS) is 16.2. The summed E-state index contributed by atoms with van der Waals surface area (Å²) < 4.78 is 60.5. The number of ether oxygens (including phenoxy) is 1. The highest BCUT2D eigenvalue weighted by Gasteiger charge is 2.43. The number of hydrogen-bond donors (Lipinski definition) is 1. The number of para-hydroxylation sites is 1. The van der Waals surface area contributed by atoms with Gasteiger partial charge in [-0.1, -0.05) is 18.2 Å². The first-order valence-electron chi connectivity index (χ1n) is 11.8. The van der Waals surface area contributed by atoms with Crippen LogP contribution in [0.4, 0.5) is 23.2 Å². The van der Waals surface area contributed by atoms with Crippen molar-refractivity contribution in [2.45, 2.75) is 12.6 Å². The molecule has 0 bridgehead atoms. The van der Waals surface area contributed by atoms with Crippen molar-refractivity contribution in [3.8, 4) is 11.3 Å². The predicted molar refractivity (Wildman–Crippen MR) is 130 cm³/mol. The molecule has 2 aromatic heterocycles. The molecule has 0 aliphatic carbocycles. The van der Waals surface area contributed by atoms with Crippen molar-refractivity contribution in [1.29, 1.82) is 0 Å². The Labute approximate surface area is 214 Å². The molecule has 2 aliphatic rings. The van der Waals surface area contributed by atoms with Crippen LogP contribution in [0.5, 0.6) is 0 Å². The minimum Gasteiger partial charge on any atom is -0.378 e. The van der Waals surface area contributed by atoms with E-state index < -0.39 is 23.9 Å². The maximum absolute atomic E-state index is 15.5. The molecule has 198 valence electrons. The summed E-state index contributed by atoms with van der Waals surface area (Å²) in [6.45, 7) is 2.59. The number of amides is 1. The van der Waals surface area contributed by atoms with E-state index in [9.17, 15) is 22.8 Å². The van der Waals surface area contributed by atoms with Gasteiger partial charge in [-0.2, -0.15) is 17.9 Å². The van der Waals surface area contributed by atoms with Gasteiger partial charge in [-0.05, 0) is 30.3 Å². The first-order chi connectivity index (χ1) is 18.2. The molecule has 4 heterocycles. The van der Waals surface area contributed by atoms with Crippen LogP contribution in [-0.2, 0) is 16.0 Å². The molecule has 0 saturated carbocycles. The Kier molecular flexibility index (Phi) is 6.89. The molecule has 0 radical (unpaired) electrons. The fourth-order valence-corrected chi connectivity index (χ4v) is 4.43. The van der Waals surface area contributed by atoms with Gasteiger partial charge >= 0.3 is 12.1 Å². The summed E-state index contributed by atoms with van der Waals surface area (Å²) in [6, 6.07) is 11.3. The lowest BCUT2D eigenvalue weighted by Crippen LogP contribution is -2.37. The first-order valence-corrected chi connectivity index (χ1v) is 11.8. The van der Waals surface area contributed by atoms with Gasteiger partial charge in [0.15, 0.2) is 0 Å². The van der Waals surface area contributed by atoms with E-state index in [1.54, 1.807) is 12.1 Å². The van der Waals surface area contributed by atoms with E-state index in [4.69, 9.17) is 4.74 Å². The lowest BCUT2D eigenvalue weighted by Gasteiger charge is -2.30. The number of alkyl halides is 3. The van der Waals surface area contributed by atoms with E-state index in [1.807, 2.05) is 12.1 Å². The number of morpholine rings is 1. The molecule has 1 amide bonds. The van der Waals surface area contributed by atoms with Gasteiger partial charge in [-0.3, -0.25) is 9.78 Å². The Hall–Kier alpha value is -4.19. The fourth-order valence-electron chi connectivity index (χ4n) is 4.43. The number of anilines is 1. The maximum Gasteiger partial charge on any atom is 0.493 e. The summed E-state index contributed by atoms with van der Waals surface area (Å²) in [5, 5.41) is 2.59. The molecule has 1 aromatic carbocycles. The monoisotopic (exact) mass is 530 g/mol. The van der Waals surface area contributed by atoms with Crippen LogP contribution in [-0.4, -0.2) is 60.6 Å². The summed E-state index contributed by atoms with van der Waals surface area (Å²) in [7, 11) is 0. The van der Waals surface area contributed by atoms with Gasteiger partial charge in [0.05, 0.1) is 35.9 Å². The van der Waals surface area contributed by atoms with E-state index in [0.717, 1.165) is 5.69 Å². The van der Waals surface area contributed by atoms with Gasteiger partial charge in [-0.15, -0.1) is 0 Å². The molecule has 0 unspecified atom stereocenters. The van der Waals surface area contributed by atoms with Gasteiger partial charge in [-0.25, -0.2) is 9.18 Å². The number of pyridine rings is 1. The van der Waals surface area contributed by atoms with Crippen molar-refractivity contribution in [3.05, 3.63) is 71.2 Å². The van der Waals surface area contributed by atoms with Gasteiger partial charge in [0, 0.05) is 49.1 Å². The zero-order valence-electron chi connectivity index (χ0n) is 19.9. The van der Waals surface area contributed by atoms with Crippen LogP contribution in [0.15, 0.2) is 48.7 Å². The van der Waals surface area contributed by atoms with E-state index in [1.165, 1.54) is 30.5 Å². The molecule has 8 nitrogen and oxygen atoms in total. The average molecular weight is 530 g/mol. The number of carbonyl (C=O) groups excluding carboxylic acids is 2. The van der Waals surface area contributed by atoms with E-state index in [-0.39, 0.29) is 41.2 Å². The molecule has 3 aromatic rings. The smallest absolute Gasteiger partial charge is 0.378 e. The van der Waals surface area contributed by atoms with Crippen LogP contribution >= 0.6 is 0 Å². The zero-order chi connectivity index (χ0) is 26.9. The minimum atomic E-state index is -5.25. The Morgan fingerprint density at radius 2 is 1.89 bits per heavy atom. The molecule has 12 heteroatoms. The summed E-state index contributed by atoms with van der Waals surface area (Å²) in [5.41, 5.74) is 1.72. The molecule has 5 rings (SSSR count). The van der Waals surface area contributed by atoms with Crippen LogP contribution in [0.3, 0.4) is 0 Å². The third-order valence-corrected chi connectivity index (χ3v) is 6.22. The largest absolute Gasteiger partial charge is 0.493 e. The van der Waals surface area contributed by atoms with Crippen molar-refractivity contribution >= 4 is 29.5 Å². The number of fused-ring (bicyclic) bond motifs is 1. The third kappa shape index (κ3) is 5.12. The number of halogens is 4. The maximum atomic E-state index is 15.5. The summed E-state index contributed by atoms with van der Waals surface area (Å²) >= 11 is 0. The van der Waals surface area contributed by atoms with Crippen LogP contribution in [0.1, 0.15) is 27.3 Å². The quantitative estimate of drug-likeness (QED) is 0.507. The van der Waals surface area contributed by atoms with Crippen molar-refractivity contribution in [1.82, 2.24) is 15.0 Å². The second kappa shape index (κ2) is 10.3. The lowest BCUT2D eigenvalue weighted by molar-refractivity contribution is -0.199. The Morgan fingerprint density at radius 1 is 1.13 bits per heavy atom. The number of rotatable bonds is 5. The van der Waals surface area contributed by atoms with Crippen molar-refractivity contribution in [2.24, 2.45) is 0 Å². The topological polar surface area (TPSA) is 85.7 Å². The molecule has 1 saturated heterocycles. The molecule has 1 fully saturated rings. The van der Waals surface area contributed by atoms with Crippen molar-refractivity contribution in [3.63, 3.8) is 0 Å². The number of nitrogens with zero attached hydrogens (tertiary/aromatic N) is 3. The Bertz CT molecular complexity index is 1410. The fraction of sp³-hybridized carbons (Fsp3) is 0.269. The van der Waals surface area contributed by atoms with Crippen LogP contribution < -0.4 is 15.1 Å². The summed E-state index contributed by atoms with van der Waals surface area (Å²) in [5.74, 6) is -3.64. The van der Waals surface area contributed by atoms with E-state index in [2.05, 4.69) is 20.0 Å². The number of aromatic nitrogens is 2. The molecular weight excluding hydrogens is 508 g/mol. The number of benzene rings is 1. The minimum absolute atomic E-state index is 0.0187. The van der Waals surface area contributed by atoms with Gasteiger partial charge in [0.2, 0.25) is 0 Å². The first kappa shape index (κ1) is 25.5. The standard InChI is InChI=1S/C26H22F4N4O4/c27-19(13-16-3-1-2-4-21(16)33-9-11-37-12-10-33)20-14-17(5-7-31-20)23-15-18-22(6-8-32-24(18)35)34(23)38-25(36)26(28,29)30/h1-5,7,13-15H,6,8-12H2,(H,32,35)/b19-13+. The van der Waals surface area contributed by atoms with Crippen molar-refractivity contribution in [2.75, 3.05) is 37.7 Å². The summed E-state index contributed by atoms with van der Waals surface area (Å²) in [6.07, 6.45) is -2.50. The van der Waals surface area contributed by atoms with Crippen molar-refractivity contribution < 1.29 is 36.7 Å². The third-order valence-electron chi connectivity index (χ3n) is 6.22. The molecule has 0 atom stereocenters. The number of hydrogen-bond acceptors (Lipinski definition) is 6. The number of carbonyl (C=O) groups is 2. The molecule has 0 spiro atoms. The Morgan fingerprint density at radius 3 is 2.66 bits per heavy atom. The molecular formula is C26H22F4N4O4. The zero-order valence-corrected chi connectivity index (χ0v) is 19.9. The molecule has 38 heavy (non-hydrogen) atoms. The van der Waals surface area contributed by atoms with Gasteiger partial charge < -0.3 is 19.8 Å². The molecule has 2 aliphatic heterocycles. The molecule has 1 N–H and O–H groups in total. The summed E-state index contributed by atoms with van der Waals surface area (Å²) in [4.78, 5) is 34.8. The van der Waals surface area contributed by atoms with Crippen LogP contribution in [0.25, 0.3) is 23.2 Å². The Balaban J connectivity index is 1.52. The van der Waals surface area contributed by atoms with E-state index in [0.29, 0.717) is 36.6 Å². The van der Waals surface area contributed by atoms with Crippen LogP contribution in [0.2, 0.25) is 0 Å². The highest BCUT2D eigenvalue weighted by atomic mass is 19.4. The highest BCUT2D eigenvalue weighted by Crippen LogP contribution is 2.31. The second-order valence-electron chi connectivity index (χ2n) is 8.65. The van der Waals surface area contributed by atoms with Gasteiger partial charge in [0.1, 0.15) is 5.83 Å². The highest BCUT2D eigenvalue weighted by molar-refractivity contribution is 5.98. The SMILES string of the molecule is O=C1NCCc2c1cc(-c1ccnc(/C(F)=C\c3ccccc3N3CCOCC3)c1)n2OC(=O)C(F)(F)F. The second-order valence-corrected chi connectivity index (χ2v) is 8.65. The predicted octanol–water partition coefficient (Wildman–Crippen LogP) is 3.66. The van der Waals surface area contributed by atoms with Gasteiger partial charge in [0.25, 0.3) is 5.91 Å².